The predicted octanol–water partition coefficient (Wildman–Crippen LogP) is 3.70. The molecule has 0 saturated carbocycles. The molecule has 10 heteroatoms. The van der Waals surface area contributed by atoms with E-state index < -0.39 is 41.0 Å². The highest BCUT2D eigenvalue weighted by Crippen LogP contribution is 2.65. The quantitative estimate of drug-likeness (QED) is 0.392. The van der Waals surface area contributed by atoms with Crippen LogP contribution in [0.5, 0.6) is 11.5 Å². The SMILES string of the molecule is CCOc1ccc(NC(=O)[C@@H]2[C@H]3C(=O)N([C@@H](CO)C(C)C)C(C(=O)Nc4ccc(OC)cc4)C34CC(C)[C@@]2(C)O4)cc1. The number of fused-ring (bicyclic) bond motifs is 1. The van der Waals surface area contributed by atoms with E-state index in [1.54, 1.807) is 55.6 Å². The molecule has 3 amide bonds. The predicted molar refractivity (Wildman–Crippen MR) is 157 cm³/mol. The Labute approximate surface area is 246 Å². The number of hydrogen-bond donors (Lipinski definition) is 3. The van der Waals surface area contributed by atoms with Crippen molar-refractivity contribution in [3.05, 3.63) is 48.5 Å². The number of benzene rings is 2. The smallest absolute Gasteiger partial charge is 0.250 e. The van der Waals surface area contributed by atoms with Crippen molar-refractivity contribution in [3.8, 4) is 11.5 Å². The molecule has 0 aromatic heterocycles. The maximum Gasteiger partial charge on any atom is 0.250 e. The lowest BCUT2D eigenvalue weighted by Crippen LogP contribution is -2.57. The molecule has 1 spiro atoms. The minimum absolute atomic E-state index is 0.111. The summed E-state index contributed by atoms with van der Waals surface area (Å²) in [5, 5.41) is 16.4. The van der Waals surface area contributed by atoms with Gasteiger partial charge in [0.25, 0.3) is 0 Å². The second-order valence-corrected chi connectivity index (χ2v) is 12.1. The highest BCUT2D eigenvalue weighted by atomic mass is 16.5. The molecule has 0 radical (unpaired) electrons. The first-order chi connectivity index (χ1) is 20.0. The van der Waals surface area contributed by atoms with Crippen molar-refractivity contribution in [1.29, 1.82) is 0 Å². The van der Waals surface area contributed by atoms with Gasteiger partial charge in [-0.15, -0.1) is 0 Å². The Morgan fingerprint density at radius 3 is 2.14 bits per heavy atom. The molecular weight excluding hydrogens is 538 g/mol. The van der Waals surface area contributed by atoms with Gasteiger partial charge in [-0.3, -0.25) is 14.4 Å². The first-order valence-electron chi connectivity index (χ1n) is 14.6. The molecule has 2 aromatic carbocycles. The van der Waals surface area contributed by atoms with Gasteiger partial charge in [-0.25, -0.2) is 0 Å². The molecular formula is C32H41N3O7. The number of ether oxygens (including phenoxy) is 3. The van der Waals surface area contributed by atoms with Crippen molar-refractivity contribution in [2.45, 2.75) is 64.3 Å². The molecule has 42 heavy (non-hydrogen) atoms. The summed E-state index contributed by atoms with van der Waals surface area (Å²) in [6.07, 6.45) is 0.431. The van der Waals surface area contributed by atoms with Crippen LogP contribution in [0.4, 0.5) is 11.4 Å². The van der Waals surface area contributed by atoms with E-state index in [0.29, 0.717) is 35.9 Å². The first kappa shape index (κ1) is 29.8. The van der Waals surface area contributed by atoms with E-state index in [2.05, 4.69) is 10.6 Å². The van der Waals surface area contributed by atoms with E-state index in [4.69, 9.17) is 14.2 Å². The molecule has 3 saturated heterocycles. The maximum atomic E-state index is 14.4. The van der Waals surface area contributed by atoms with Crippen LogP contribution in [-0.4, -0.2) is 71.3 Å². The lowest BCUT2D eigenvalue weighted by Gasteiger charge is -2.38. The number of nitrogens with zero attached hydrogens (tertiary/aromatic N) is 1. The van der Waals surface area contributed by atoms with Gasteiger partial charge >= 0.3 is 0 Å². The molecule has 3 heterocycles. The number of carbonyl (C=O) groups excluding carboxylic acids is 3. The molecule has 3 fully saturated rings. The number of carbonyl (C=O) groups is 3. The van der Waals surface area contributed by atoms with Crippen LogP contribution < -0.4 is 20.1 Å². The van der Waals surface area contributed by atoms with Gasteiger partial charge in [0.15, 0.2) is 0 Å². The van der Waals surface area contributed by atoms with Crippen LogP contribution in [0.15, 0.2) is 48.5 Å². The molecule has 3 unspecified atom stereocenters. The average molecular weight is 580 g/mol. The van der Waals surface area contributed by atoms with Gasteiger partial charge in [-0.2, -0.15) is 0 Å². The van der Waals surface area contributed by atoms with Crippen molar-refractivity contribution in [2.75, 3.05) is 31.0 Å². The van der Waals surface area contributed by atoms with Crippen LogP contribution in [0.25, 0.3) is 0 Å². The summed E-state index contributed by atoms with van der Waals surface area (Å²) in [6, 6.07) is 12.3. The van der Waals surface area contributed by atoms with Gasteiger partial charge in [-0.1, -0.05) is 20.8 Å². The fourth-order valence-electron chi connectivity index (χ4n) is 7.26. The van der Waals surface area contributed by atoms with Gasteiger partial charge in [0.1, 0.15) is 23.1 Å². The summed E-state index contributed by atoms with van der Waals surface area (Å²) in [7, 11) is 1.56. The molecule has 3 aliphatic heterocycles. The van der Waals surface area contributed by atoms with Gasteiger partial charge in [0, 0.05) is 11.4 Å². The largest absolute Gasteiger partial charge is 0.497 e. The highest BCUT2D eigenvalue weighted by Gasteiger charge is 2.80. The number of methoxy groups -OCH3 is 1. The van der Waals surface area contributed by atoms with Crippen LogP contribution in [0, 0.1) is 23.7 Å². The fraction of sp³-hybridized carbons (Fsp3) is 0.531. The Kier molecular flexibility index (Phi) is 7.98. The van der Waals surface area contributed by atoms with Crippen LogP contribution >= 0.6 is 0 Å². The number of hydrogen-bond acceptors (Lipinski definition) is 7. The zero-order chi connectivity index (χ0) is 30.4. The number of aliphatic hydroxyl groups is 1. The van der Waals surface area contributed by atoms with E-state index in [1.807, 2.05) is 34.6 Å². The molecule has 10 nitrogen and oxygen atoms in total. The standard InChI is InChI=1S/C32H41N3O7/c1-7-41-23-14-10-20(11-15-23)33-28(37)25-26-30(39)35(24(17-36)18(2)3)27(32(26)16-19(4)31(25,5)42-32)29(38)34-21-8-12-22(40-6)13-9-21/h8-15,18-19,24-27,36H,7,16-17H2,1-6H3,(H,33,37)(H,34,38)/t19?,24-,25-,26-,27?,31+,32?/m0/s1. The van der Waals surface area contributed by atoms with Crippen molar-refractivity contribution in [3.63, 3.8) is 0 Å². The monoisotopic (exact) mass is 579 g/mol. The third-order valence-corrected chi connectivity index (χ3v) is 9.39. The fourth-order valence-corrected chi connectivity index (χ4v) is 7.26. The molecule has 3 aliphatic rings. The maximum absolute atomic E-state index is 14.4. The Bertz CT molecular complexity index is 1330. The lowest BCUT2D eigenvalue weighted by atomic mass is 9.62. The second-order valence-electron chi connectivity index (χ2n) is 12.1. The van der Waals surface area contributed by atoms with Crippen molar-refractivity contribution in [1.82, 2.24) is 4.90 Å². The van der Waals surface area contributed by atoms with Crippen LogP contribution in [0.1, 0.15) is 41.0 Å². The normalized spacial score (nSPS) is 30.3. The number of nitrogens with one attached hydrogen (secondary N) is 2. The number of amides is 3. The molecule has 0 aliphatic carbocycles. The van der Waals surface area contributed by atoms with Gasteiger partial charge in [-0.05, 0) is 80.6 Å². The minimum atomic E-state index is -1.23. The molecule has 3 N–H and O–H groups in total. The number of anilines is 2. The van der Waals surface area contributed by atoms with Crippen molar-refractivity contribution >= 4 is 29.1 Å². The zero-order valence-electron chi connectivity index (χ0n) is 25.0. The van der Waals surface area contributed by atoms with Crippen molar-refractivity contribution < 1.29 is 33.7 Å². The van der Waals surface area contributed by atoms with E-state index in [0.717, 1.165) is 0 Å². The topological polar surface area (TPSA) is 126 Å². The molecule has 5 rings (SSSR count). The van der Waals surface area contributed by atoms with Crippen LogP contribution in [0.3, 0.4) is 0 Å². The van der Waals surface area contributed by atoms with E-state index in [9.17, 15) is 19.5 Å². The Morgan fingerprint density at radius 2 is 1.62 bits per heavy atom. The number of likely N-dealkylation sites (tertiary alicyclic amines) is 1. The molecule has 2 aromatic rings. The lowest BCUT2D eigenvalue weighted by molar-refractivity contribution is -0.149. The Morgan fingerprint density at radius 1 is 1.05 bits per heavy atom. The third kappa shape index (κ3) is 4.70. The van der Waals surface area contributed by atoms with Crippen molar-refractivity contribution in [2.24, 2.45) is 23.7 Å². The average Bonchev–Trinajstić information content (AvgIpc) is 3.47. The summed E-state index contributed by atoms with van der Waals surface area (Å²) in [4.78, 5) is 44.0. The second kappa shape index (κ2) is 11.2. The van der Waals surface area contributed by atoms with Crippen LogP contribution in [-0.2, 0) is 19.1 Å². The van der Waals surface area contributed by atoms with Crippen LogP contribution in [0.2, 0.25) is 0 Å². The summed E-state index contributed by atoms with van der Waals surface area (Å²) < 4.78 is 17.5. The number of rotatable bonds is 10. The Balaban J connectivity index is 1.52. The summed E-state index contributed by atoms with van der Waals surface area (Å²) in [5.74, 6) is -1.75. The molecule has 226 valence electrons. The molecule has 7 atom stereocenters. The summed E-state index contributed by atoms with van der Waals surface area (Å²) in [6.45, 7) is 9.77. The minimum Gasteiger partial charge on any atom is -0.497 e. The Hall–Kier alpha value is -3.63. The first-order valence-corrected chi connectivity index (χ1v) is 14.6. The number of aliphatic hydroxyl groups excluding tert-OH is 1. The van der Waals surface area contributed by atoms with Gasteiger partial charge in [0.05, 0.1) is 43.8 Å². The van der Waals surface area contributed by atoms with E-state index in [-0.39, 0.29) is 30.3 Å². The third-order valence-electron chi connectivity index (χ3n) is 9.39. The highest BCUT2D eigenvalue weighted by molar-refractivity contribution is 6.05. The molecule has 2 bridgehead atoms. The van der Waals surface area contributed by atoms with E-state index in [1.165, 1.54) is 4.90 Å². The summed E-state index contributed by atoms with van der Waals surface area (Å²) in [5.41, 5.74) is -1.09. The van der Waals surface area contributed by atoms with Gasteiger partial charge in [0.2, 0.25) is 17.7 Å². The van der Waals surface area contributed by atoms with E-state index >= 15 is 0 Å². The summed E-state index contributed by atoms with van der Waals surface area (Å²) >= 11 is 0. The zero-order valence-corrected chi connectivity index (χ0v) is 25.0. The van der Waals surface area contributed by atoms with Gasteiger partial charge < -0.3 is 34.9 Å².